The highest BCUT2D eigenvalue weighted by molar-refractivity contribution is 7.94. The van der Waals surface area contributed by atoms with Gasteiger partial charge in [0.2, 0.25) is 17.8 Å². The van der Waals surface area contributed by atoms with Crippen LogP contribution in [0.25, 0.3) is 0 Å². The van der Waals surface area contributed by atoms with Crippen LogP contribution in [0.1, 0.15) is 11.1 Å². The van der Waals surface area contributed by atoms with Gasteiger partial charge < -0.3 is 16.0 Å². The van der Waals surface area contributed by atoms with Crippen LogP contribution in [0.3, 0.4) is 0 Å². The Hall–Kier alpha value is -8.69. The maximum Gasteiger partial charge on any atom is 0.296 e. The molecular formula is C47H38N14O12S4. The van der Waals surface area contributed by atoms with Gasteiger partial charge in [0.25, 0.3) is 30.4 Å². The molecule has 0 atom stereocenters. The summed E-state index contributed by atoms with van der Waals surface area (Å²) in [5.41, 5.74) is 4.01. The van der Waals surface area contributed by atoms with Gasteiger partial charge in [0.1, 0.15) is 21.2 Å². The number of nitrogens with zero attached hydrogens (tertiary/aromatic N) is 11. The molecule has 0 aliphatic rings. The molecule has 0 unspecified atom stereocenters. The van der Waals surface area contributed by atoms with Crippen molar-refractivity contribution in [3.8, 4) is 0 Å². The Kier molecular flexibility index (Phi) is 16.9. The molecular weight excluding hydrogens is 1080 g/mol. The van der Waals surface area contributed by atoms with Crippen molar-refractivity contribution in [1.29, 1.82) is 0 Å². The molecule has 0 fully saturated rings. The number of anilines is 6. The molecule has 26 nitrogen and oxygen atoms in total. The number of rotatable bonds is 20. The predicted molar refractivity (Wildman–Crippen MR) is 281 cm³/mol. The first-order valence-electron chi connectivity index (χ1n) is 21.8. The van der Waals surface area contributed by atoms with E-state index in [-0.39, 0.29) is 51.2 Å². The minimum absolute atomic E-state index is 0.0131. The molecule has 0 radical (unpaired) electrons. The van der Waals surface area contributed by atoms with Crippen LogP contribution in [0.15, 0.2) is 212 Å². The molecule has 1 heterocycles. The number of benzene rings is 7. The van der Waals surface area contributed by atoms with Crippen molar-refractivity contribution < 1.29 is 53.5 Å². The first kappa shape index (κ1) is 54.6. The predicted octanol–water partition coefficient (Wildman–Crippen LogP) is 13.5. The van der Waals surface area contributed by atoms with Gasteiger partial charge in [-0.3, -0.25) is 13.7 Å². The number of nitrogens with one attached hydrogen (secondary N) is 3. The Bertz CT molecular complexity index is 3950. The second-order valence-corrected chi connectivity index (χ2v) is 20.8. The van der Waals surface area contributed by atoms with E-state index in [4.69, 9.17) is 5.26 Å². The molecule has 7 aromatic carbocycles. The fourth-order valence-electron chi connectivity index (χ4n) is 6.61. The molecule has 0 spiro atoms. The molecule has 0 saturated heterocycles. The molecule has 30 heteroatoms. The molecule has 8 rings (SSSR count). The van der Waals surface area contributed by atoms with Gasteiger partial charge in [0.05, 0.1) is 51.1 Å². The van der Waals surface area contributed by atoms with E-state index >= 15 is 0 Å². The Morgan fingerprint density at radius 3 is 1.23 bits per heavy atom. The zero-order chi connectivity index (χ0) is 54.7. The maximum atomic E-state index is 12.4. The average molecular weight is 1120 g/mol. The first-order valence-corrected chi connectivity index (χ1v) is 26.9. The molecule has 392 valence electrons. The van der Waals surface area contributed by atoms with Crippen LogP contribution in [-0.4, -0.2) is 59.1 Å². The summed E-state index contributed by atoms with van der Waals surface area (Å²) < 4.78 is 106. The van der Waals surface area contributed by atoms with Crippen molar-refractivity contribution in [1.82, 2.24) is 15.0 Å². The number of hydrogen-bond donors (Lipinski definition) is 7. The zero-order valence-corrected chi connectivity index (χ0v) is 42.8. The van der Waals surface area contributed by atoms with Gasteiger partial charge in [-0.05, 0) is 158 Å². The lowest BCUT2D eigenvalue weighted by Gasteiger charge is -2.13. The molecule has 0 bridgehead atoms. The maximum absolute atomic E-state index is 12.4. The van der Waals surface area contributed by atoms with Gasteiger partial charge in [0.15, 0.2) is 0 Å². The average Bonchev–Trinajstić information content (AvgIpc) is 3.40. The van der Waals surface area contributed by atoms with Crippen LogP contribution in [0.5, 0.6) is 0 Å². The van der Waals surface area contributed by atoms with Gasteiger partial charge in [0, 0.05) is 22.0 Å². The molecule has 7 N–H and O–H groups in total. The summed E-state index contributed by atoms with van der Waals surface area (Å²) in [5, 5.41) is 54.1. The quantitative estimate of drug-likeness (QED) is 0.0122. The summed E-state index contributed by atoms with van der Waals surface area (Å²) in [5.74, 6) is 0.425. The number of azo groups is 4. The highest BCUT2D eigenvalue weighted by atomic mass is 32.2. The van der Waals surface area contributed by atoms with Crippen LogP contribution >= 0.6 is 12.0 Å². The SMILES string of the molecule is Cc1cc(Nc2nc(Nc3ccccc3)nc(Nc3ccc(N=Nc4ccc(N=Nc5ccc(S(=O)(=O)O)cc5)cc4S(=O)(=O)O)c(C)c3)n2)ccc1N=Nc1ccc(N=Nc2ccc(SOOO)cc2)cc1S(=O)(=O)O. The Morgan fingerprint density at radius 1 is 0.429 bits per heavy atom. The normalized spacial score (nSPS) is 12.3. The third-order valence-corrected chi connectivity index (χ3v) is 13.5. The Labute approximate surface area is 442 Å². The number of aryl methyl sites for hydroxylation is 2. The number of hydrogen-bond acceptors (Lipinski definition) is 24. The smallest absolute Gasteiger partial charge is 0.296 e. The van der Waals surface area contributed by atoms with E-state index in [0.29, 0.717) is 50.1 Å². The lowest BCUT2D eigenvalue weighted by Crippen LogP contribution is -2.07. The highest BCUT2D eigenvalue weighted by Gasteiger charge is 2.19. The van der Waals surface area contributed by atoms with Crippen molar-refractivity contribution >= 4 is 123 Å². The Balaban J connectivity index is 0.976. The molecule has 0 saturated carbocycles. The van der Waals surface area contributed by atoms with Crippen molar-refractivity contribution in [2.24, 2.45) is 40.9 Å². The fourth-order valence-corrected chi connectivity index (χ4v) is 8.73. The molecule has 1 aromatic heterocycles. The van der Waals surface area contributed by atoms with E-state index in [1.54, 1.807) is 74.5 Å². The van der Waals surface area contributed by atoms with Gasteiger partial charge in [-0.25, -0.2) is 5.26 Å². The minimum Gasteiger partial charge on any atom is -0.324 e. The molecule has 8 aromatic rings. The first-order chi connectivity index (χ1) is 36.7. The monoisotopic (exact) mass is 1120 g/mol. The van der Waals surface area contributed by atoms with Gasteiger partial charge in [-0.1, -0.05) is 23.2 Å². The van der Waals surface area contributed by atoms with E-state index in [1.807, 2.05) is 30.3 Å². The van der Waals surface area contributed by atoms with Crippen LogP contribution < -0.4 is 16.0 Å². The number of aromatic nitrogens is 3. The Morgan fingerprint density at radius 2 is 0.818 bits per heavy atom. The van der Waals surface area contributed by atoms with Gasteiger partial charge >= 0.3 is 0 Å². The lowest BCUT2D eigenvalue weighted by molar-refractivity contribution is -0.432. The van der Waals surface area contributed by atoms with Crippen molar-refractivity contribution in [3.63, 3.8) is 0 Å². The summed E-state index contributed by atoms with van der Waals surface area (Å²) in [6.07, 6.45) is 0. The number of para-hydroxylation sites is 1. The van der Waals surface area contributed by atoms with E-state index in [1.165, 1.54) is 36.4 Å². The van der Waals surface area contributed by atoms with Gasteiger partial charge in [-0.15, -0.1) is 14.6 Å². The summed E-state index contributed by atoms with van der Waals surface area (Å²) in [6.45, 7) is 3.49. The third kappa shape index (κ3) is 15.2. The third-order valence-electron chi connectivity index (χ3n) is 10.2. The summed E-state index contributed by atoms with van der Waals surface area (Å²) in [6, 6.07) is 37.9. The second-order valence-electron chi connectivity index (χ2n) is 15.8. The lowest BCUT2D eigenvalue weighted by atomic mass is 10.2. The molecule has 0 aliphatic heterocycles. The fraction of sp³-hybridized carbons (Fsp3) is 0.0426. The van der Waals surface area contributed by atoms with Crippen LogP contribution in [0.2, 0.25) is 0 Å². The summed E-state index contributed by atoms with van der Waals surface area (Å²) in [4.78, 5) is 12.8. The van der Waals surface area contributed by atoms with E-state index in [9.17, 15) is 38.9 Å². The van der Waals surface area contributed by atoms with E-state index < -0.39 is 40.1 Å². The van der Waals surface area contributed by atoms with Crippen LogP contribution in [0, 0.1) is 13.8 Å². The van der Waals surface area contributed by atoms with E-state index in [0.717, 1.165) is 36.3 Å². The van der Waals surface area contributed by atoms with Crippen molar-refractivity contribution in [2.75, 3.05) is 16.0 Å². The van der Waals surface area contributed by atoms with E-state index in [2.05, 4.69) is 81.2 Å². The zero-order valence-electron chi connectivity index (χ0n) is 39.5. The molecule has 77 heavy (non-hydrogen) atoms. The van der Waals surface area contributed by atoms with Crippen LogP contribution in [0.4, 0.5) is 80.4 Å². The second kappa shape index (κ2) is 23.9. The molecule has 0 amide bonds. The van der Waals surface area contributed by atoms with Gasteiger partial charge in [-0.2, -0.15) is 70.9 Å². The standard InChI is InChI=1S/C47H38N14O12S4/c1-28-24-33(12-20-39(28)58-60-41-22-14-35(26-43(41)76(66,67)68)56-54-31-8-16-37(17-9-31)74-73-72-62)49-46-51-45(48-30-6-4-3-5-7-30)52-47(53-46)50-34-13-21-40(29(2)25-34)59-61-42-23-15-36(27-44(42)77(69,70)71)57-55-32-10-18-38(19-11-32)75(63,64)65/h3-27,62H,1-2H3,(H,63,64,65)(H,66,67,68)(H,69,70,71)(H3,48,49,50,51,52,53). The summed E-state index contributed by atoms with van der Waals surface area (Å²) in [7, 11) is -14.0. The largest absolute Gasteiger partial charge is 0.324 e. The van der Waals surface area contributed by atoms with Crippen molar-refractivity contribution in [2.45, 2.75) is 33.4 Å². The topological polar surface area (TPSA) is 375 Å². The van der Waals surface area contributed by atoms with Crippen LogP contribution in [-0.2, 0) is 39.7 Å². The van der Waals surface area contributed by atoms with Crippen molar-refractivity contribution in [3.05, 3.63) is 163 Å². The minimum atomic E-state index is -4.83. The molecule has 0 aliphatic carbocycles. The highest BCUT2D eigenvalue weighted by Crippen LogP contribution is 2.35. The summed E-state index contributed by atoms with van der Waals surface area (Å²) >= 11 is 0.756.